The lowest BCUT2D eigenvalue weighted by atomic mass is 10.1. The van der Waals surface area contributed by atoms with Crippen molar-refractivity contribution in [1.29, 1.82) is 0 Å². The topological polar surface area (TPSA) is 396 Å². The Kier molecular flexibility index (Phi) is 11.1. The van der Waals surface area contributed by atoms with E-state index in [4.69, 9.17) is 41.1 Å². The molecule has 0 aliphatic rings. The van der Waals surface area contributed by atoms with Gasteiger partial charge in [0.1, 0.15) is 20.4 Å². The minimum absolute atomic E-state index is 0.0216. The number of phenols is 1. The largest absolute Gasteiger partial charge is 0.505 e. The van der Waals surface area contributed by atoms with Crippen LogP contribution in [-0.4, -0.2) is 70.0 Å². The monoisotopic (exact) mass is 760 g/mol. The van der Waals surface area contributed by atoms with E-state index in [1.807, 2.05) is 0 Å². The van der Waals surface area contributed by atoms with Crippen molar-refractivity contribution in [2.75, 3.05) is 22.9 Å². The summed E-state index contributed by atoms with van der Waals surface area (Å²) in [5, 5.41) is 8.71. The SMILES string of the molecule is Nc1c(S(=O)(=O)O)cc2cc(S(=O)(=O)O)cc(S(=O)(=O)O)c2c1O.Nc1ccc(N)c(S(=O)(=O)O)c1.Nc1ccc(S(=O)(=O)O)cc1. The van der Waals surface area contributed by atoms with Crippen molar-refractivity contribution in [3.8, 4) is 5.75 Å². The average molecular weight is 761 g/mol. The van der Waals surface area contributed by atoms with Gasteiger partial charge in [0.25, 0.3) is 50.6 Å². The molecular weight excluding hydrogens is 737 g/mol. The Morgan fingerprint density at radius 1 is 0.447 bits per heavy atom. The molecule has 4 aromatic rings. The van der Waals surface area contributed by atoms with E-state index < -0.39 is 87.5 Å². The number of aromatic hydroxyl groups is 1. The first kappa shape index (κ1) is 38.9. The second kappa shape index (κ2) is 13.4. The van der Waals surface area contributed by atoms with Crippen molar-refractivity contribution >= 4 is 84.1 Å². The molecule has 0 radical (unpaired) electrons. The number of fused-ring (bicyclic) bond motifs is 1. The second-order valence-electron chi connectivity index (χ2n) is 8.90. The number of nitrogen functional groups attached to an aromatic ring is 4. The van der Waals surface area contributed by atoms with E-state index in [0.717, 1.165) is 6.07 Å². The van der Waals surface area contributed by atoms with E-state index >= 15 is 0 Å². The van der Waals surface area contributed by atoms with Gasteiger partial charge in [0.2, 0.25) is 0 Å². The Hall–Kier alpha value is -4.31. The van der Waals surface area contributed by atoms with Crippen LogP contribution < -0.4 is 22.9 Å². The quantitative estimate of drug-likeness (QED) is 0.0751. The molecule has 47 heavy (non-hydrogen) atoms. The number of hydrogen-bond acceptors (Lipinski definition) is 15. The third-order valence-electron chi connectivity index (χ3n) is 5.50. The third-order valence-corrected chi connectivity index (χ3v) is 9.88. The minimum Gasteiger partial charge on any atom is -0.505 e. The zero-order valence-corrected chi connectivity index (χ0v) is 27.0. The average Bonchev–Trinajstić information content (AvgIpc) is 2.89. The summed E-state index contributed by atoms with van der Waals surface area (Å²) in [4.78, 5) is -3.68. The van der Waals surface area contributed by atoms with Crippen LogP contribution in [0.3, 0.4) is 0 Å². The summed E-state index contributed by atoms with van der Waals surface area (Å²) in [6.45, 7) is 0. The molecule has 0 saturated heterocycles. The molecule has 4 rings (SSSR count). The van der Waals surface area contributed by atoms with Gasteiger partial charge in [0.05, 0.1) is 21.2 Å². The summed E-state index contributed by atoms with van der Waals surface area (Å²) in [6, 6.07) is 10.7. The van der Waals surface area contributed by atoms with Crippen LogP contribution in [0.5, 0.6) is 5.75 Å². The highest BCUT2D eigenvalue weighted by Gasteiger charge is 2.27. The standard InChI is InChI=1S/C10H9NO10S3.C6H8N2O3S.C6H7NO3S/c11-9-7(24(19,20)21)2-4-1-5(22(13,14)15)3-6(23(16,17)18)8(4)10(9)12;7-4-1-2-5(8)6(3-4)12(9,10)11;7-5-1-3-6(4-2-5)11(8,9)10/h1-3,12H,11H2,(H,13,14,15)(H,16,17,18)(H,19,20,21);1-3H,7-8H2,(H,9,10,11);1-4H,7H2,(H,8,9,10). The Labute approximate surface area is 267 Å². The molecule has 4 aromatic carbocycles. The summed E-state index contributed by atoms with van der Waals surface area (Å²) in [5.74, 6) is -1.13. The van der Waals surface area contributed by atoms with Gasteiger partial charge in [0.15, 0.2) is 0 Å². The Bertz CT molecular complexity index is 2420. The van der Waals surface area contributed by atoms with Gasteiger partial charge in [-0.25, -0.2) is 0 Å². The van der Waals surface area contributed by atoms with Gasteiger partial charge < -0.3 is 28.0 Å². The minimum atomic E-state index is -5.10. The zero-order valence-electron chi connectivity index (χ0n) is 22.9. The fourth-order valence-corrected chi connectivity index (χ4v) is 6.58. The van der Waals surface area contributed by atoms with Gasteiger partial charge in [-0.05, 0) is 66.0 Å². The summed E-state index contributed by atoms with van der Waals surface area (Å²) < 4.78 is 154. The molecule has 0 aliphatic heterocycles. The highest BCUT2D eigenvalue weighted by Crippen LogP contribution is 2.40. The number of phenolic OH excluding ortho intramolecular Hbond substituents is 1. The van der Waals surface area contributed by atoms with Crippen LogP contribution in [0, 0.1) is 0 Å². The highest BCUT2D eigenvalue weighted by atomic mass is 32.2. The maximum absolute atomic E-state index is 11.4. The van der Waals surface area contributed by atoms with E-state index in [1.54, 1.807) is 0 Å². The summed E-state index contributed by atoms with van der Waals surface area (Å²) >= 11 is 0. The maximum atomic E-state index is 11.4. The van der Waals surface area contributed by atoms with Crippen molar-refractivity contribution in [2.24, 2.45) is 0 Å². The van der Waals surface area contributed by atoms with Gasteiger partial charge in [0, 0.05) is 16.8 Å². The van der Waals surface area contributed by atoms with Crippen LogP contribution >= 0.6 is 0 Å². The lowest BCUT2D eigenvalue weighted by molar-refractivity contribution is 0.470. The van der Waals surface area contributed by atoms with Crippen molar-refractivity contribution in [3.05, 3.63) is 60.7 Å². The predicted molar refractivity (Wildman–Crippen MR) is 165 cm³/mol. The van der Waals surface area contributed by atoms with E-state index in [9.17, 15) is 51.7 Å². The van der Waals surface area contributed by atoms with E-state index in [0.29, 0.717) is 23.9 Å². The van der Waals surface area contributed by atoms with Gasteiger partial charge in [-0.15, -0.1) is 0 Å². The summed E-state index contributed by atoms with van der Waals surface area (Å²) in [6.07, 6.45) is 0. The second-order valence-corrected chi connectivity index (χ2v) is 15.9. The van der Waals surface area contributed by atoms with Gasteiger partial charge in [-0.3, -0.25) is 22.8 Å². The Morgan fingerprint density at radius 3 is 1.30 bits per heavy atom. The van der Waals surface area contributed by atoms with E-state index in [-0.39, 0.29) is 21.2 Å². The molecule has 14 N–H and O–H groups in total. The maximum Gasteiger partial charge on any atom is 0.296 e. The van der Waals surface area contributed by atoms with Crippen molar-refractivity contribution in [2.45, 2.75) is 24.5 Å². The first-order chi connectivity index (χ1) is 21.0. The van der Waals surface area contributed by atoms with Crippen molar-refractivity contribution < 1.29 is 70.0 Å². The first-order valence-corrected chi connectivity index (χ1v) is 18.7. The van der Waals surface area contributed by atoms with Crippen molar-refractivity contribution in [1.82, 2.24) is 0 Å². The molecule has 258 valence electrons. The molecule has 25 heteroatoms. The molecule has 0 aromatic heterocycles. The molecule has 0 aliphatic carbocycles. The molecule has 0 atom stereocenters. The number of nitrogens with two attached hydrogens (primary N) is 4. The number of benzene rings is 4. The third kappa shape index (κ3) is 10.1. The van der Waals surface area contributed by atoms with Crippen LogP contribution in [0.15, 0.2) is 85.1 Å². The van der Waals surface area contributed by atoms with Crippen LogP contribution in [-0.2, 0) is 50.6 Å². The van der Waals surface area contributed by atoms with Gasteiger partial charge >= 0.3 is 0 Å². The molecule has 0 saturated carbocycles. The first-order valence-electron chi connectivity index (χ1n) is 11.5. The molecule has 0 heterocycles. The fourth-order valence-electron chi connectivity index (χ4n) is 3.43. The smallest absolute Gasteiger partial charge is 0.296 e. The molecule has 0 unspecified atom stereocenters. The molecule has 0 amide bonds. The van der Waals surface area contributed by atoms with E-state index in [1.165, 1.54) is 36.4 Å². The molecule has 0 fully saturated rings. The normalized spacial score (nSPS) is 12.4. The molecular formula is C22H24N4O16S5. The lowest BCUT2D eigenvalue weighted by Gasteiger charge is -2.12. The summed E-state index contributed by atoms with van der Waals surface area (Å²) in [5.41, 5.74) is 21.0. The van der Waals surface area contributed by atoms with Crippen molar-refractivity contribution in [3.63, 3.8) is 0 Å². The Balaban J connectivity index is 0.000000278. The Morgan fingerprint density at radius 2 is 0.894 bits per heavy atom. The number of hydrogen-bond donors (Lipinski definition) is 10. The zero-order chi connectivity index (χ0) is 36.5. The van der Waals surface area contributed by atoms with Crippen LogP contribution in [0.4, 0.5) is 22.7 Å². The summed E-state index contributed by atoms with van der Waals surface area (Å²) in [7, 11) is -23.3. The van der Waals surface area contributed by atoms with Gasteiger partial charge in [-0.2, -0.15) is 42.1 Å². The number of rotatable bonds is 5. The van der Waals surface area contributed by atoms with Crippen LogP contribution in [0.1, 0.15) is 0 Å². The number of anilines is 4. The lowest BCUT2D eigenvalue weighted by Crippen LogP contribution is -2.07. The molecule has 0 spiro atoms. The fraction of sp³-hybridized carbons (Fsp3) is 0. The highest BCUT2D eigenvalue weighted by molar-refractivity contribution is 7.87. The van der Waals surface area contributed by atoms with Crippen LogP contribution in [0.2, 0.25) is 0 Å². The predicted octanol–water partition coefficient (Wildman–Crippen LogP) is 0.481. The molecule has 20 nitrogen and oxygen atoms in total. The molecule has 0 bridgehead atoms. The van der Waals surface area contributed by atoms with Crippen LogP contribution in [0.25, 0.3) is 10.8 Å². The van der Waals surface area contributed by atoms with Gasteiger partial charge in [-0.1, -0.05) is 0 Å². The van der Waals surface area contributed by atoms with E-state index in [2.05, 4.69) is 0 Å².